The normalized spacial score (nSPS) is 12.5. The number of allylic oxidation sites excluding steroid dienone is 1. The van der Waals surface area contributed by atoms with Crippen molar-refractivity contribution in [1.29, 1.82) is 0 Å². The molecule has 3 nitrogen and oxygen atoms in total. The lowest BCUT2D eigenvalue weighted by Gasteiger charge is -2.27. The summed E-state index contributed by atoms with van der Waals surface area (Å²) in [5.74, 6) is -2.06. The number of alkyl halides is 2. The number of halogens is 2. The smallest absolute Gasteiger partial charge is 0.270 e. The van der Waals surface area contributed by atoms with Gasteiger partial charge in [0.1, 0.15) is 0 Å². The second-order valence-electron chi connectivity index (χ2n) is 6.34. The molecule has 0 saturated heterocycles. The first-order chi connectivity index (χ1) is 12.3. The van der Waals surface area contributed by atoms with Crippen LogP contribution in [0.4, 0.5) is 14.5 Å². The molecule has 0 spiro atoms. The molecule has 0 amide bonds. The van der Waals surface area contributed by atoms with E-state index in [0.717, 1.165) is 45.1 Å². The van der Waals surface area contributed by atoms with Crippen LogP contribution in [0.1, 0.15) is 52.5 Å². The number of nitrogens with zero attached hydrogens (tertiary/aromatic N) is 2. The van der Waals surface area contributed by atoms with Gasteiger partial charge < -0.3 is 10.2 Å². The SMILES string of the molecule is C=C(Nc1ccc(C(C)(F)F)cc1)/C(=N\C=C/C)N(CCC)CCCC. The predicted molar refractivity (Wildman–Crippen MR) is 108 cm³/mol. The summed E-state index contributed by atoms with van der Waals surface area (Å²) in [5, 5.41) is 3.20. The molecule has 144 valence electrons. The first-order valence-corrected chi connectivity index (χ1v) is 9.22. The fourth-order valence-corrected chi connectivity index (χ4v) is 2.51. The molecule has 0 fully saturated rings. The summed E-state index contributed by atoms with van der Waals surface area (Å²) >= 11 is 0. The fourth-order valence-electron chi connectivity index (χ4n) is 2.51. The van der Waals surface area contributed by atoms with Gasteiger partial charge in [-0.25, -0.2) is 13.8 Å². The Morgan fingerprint density at radius 2 is 1.85 bits per heavy atom. The van der Waals surface area contributed by atoms with Gasteiger partial charge in [0, 0.05) is 37.5 Å². The maximum Gasteiger partial charge on any atom is 0.270 e. The summed E-state index contributed by atoms with van der Waals surface area (Å²) in [4.78, 5) is 6.76. The molecular weight excluding hydrogens is 332 g/mol. The number of benzene rings is 1. The average Bonchev–Trinajstić information content (AvgIpc) is 2.59. The number of nitrogens with one attached hydrogen (secondary N) is 1. The van der Waals surface area contributed by atoms with E-state index < -0.39 is 5.92 Å². The molecule has 1 aromatic carbocycles. The zero-order chi connectivity index (χ0) is 19.6. The van der Waals surface area contributed by atoms with Crippen LogP contribution in [-0.4, -0.2) is 23.8 Å². The van der Waals surface area contributed by atoms with Gasteiger partial charge in [-0.1, -0.05) is 45.1 Å². The van der Waals surface area contributed by atoms with Crippen LogP contribution < -0.4 is 5.32 Å². The van der Waals surface area contributed by atoms with Crippen LogP contribution in [-0.2, 0) is 5.92 Å². The molecule has 1 aromatic rings. The average molecular weight is 363 g/mol. The summed E-state index contributed by atoms with van der Waals surface area (Å²) in [6, 6.07) is 6.14. The van der Waals surface area contributed by atoms with E-state index in [1.807, 2.05) is 13.0 Å². The van der Waals surface area contributed by atoms with E-state index in [1.54, 1.807) is 18.3 Å². The quantitative estimate of drug-likeness (QED) is 0.398. The Labute approximate surface area is 156 Å². The first-order valence-electron chi connectivity index (χ1n) is 9.22. The van der Waals surface area contributed by atoms with Crippen molar-refractivity contribution in [3.05, 3.63) is 54.4 Å². The summed E-state index contributed by atoms with van der Waals surface area (Å²) in [6.07, 6.45) is 6.80. The highest BCUT2D eigenvalue weighted by molar-refractivity contribution is 6.00. The van der Waals surface area contributed by atoms with Crippen molar-refractivity contribution in [1.82, 2.24) is 4.90 Å². The van der Waals surface area contributed by atoms with E-state index in [4.69, 9.17) is 0 Å². The lowest BCUT2D eigenvalue weighted by Crippen LogP contribution is -2.35. The standard InChI is InChI=1S/C21H31F2N3/c1-6-9-16-26(15-8-3)20(24-14-7-2)17(4)25-19-12-10-18(11-13-19)21(5,22)23/h7,10-14,25H,4,6,8-9,15-16H2,1-3,5H3/b14-7-,24-20+. The van der Waals surface area contributed by atoms with Crippen LogP contribution in [0.25, 0.3) is 0 Å². The Hall–Kier alpha value is -2.17. The summed E-state index contributed by atoms with van der Waals surface area (Å²) < 4.78 is 26.7. The molecule has 0 atom stereocenters. The second kappa shape index (κ2) is 10.7. The van der Waals surface area contributed by atoms with Crippen LogP contribution in [0.15, 0.2) is 53.8 Å². The van der Waals surface area contributed by atoms with E-state index >= 15 is 0 Å². The molecule has 0 heterocycles. The Morgan fingerprint density at radius 1 is 1.19 bits per heavy atom. The van der Waals surface area contributed by atoms with Gasteiger partial charge in [-0.15, -0.1) is 0 Å². The van der Waals surface area contributed by atoms with Gasteiger partial charge in [0.15, 0.2) is 5.84 Å². The van der Waals surface area contributed by atoms with Gasteiger partial charge in [0.2, 0.25) is 0 Å². The summed E-state index contributed by atoms with van der Waals surface area (Å²) in [7, 11) is 0. The number of hydrogen-bond donors (Lipinski definition) is 1. The molecule has 0 bridgehead atoms. The van der Waals surface area contributed by atoms with Crippen molar-refractivity contribution >= 4 is 11.5 Å². The molecular formula is C21H31F2N3. The lowest BCUT2D eigenvalue weighted by molar-refractivity contribution is 0.0175. The minimum absolute atomic E-state index is 0.00738. The van der Waals surface area contributed by atoms with Gasteiger partial charge >= 0.3 is 0 Å². The molecule has 0 aliphatic heterocycles. The summed E-state index contributed by atoms with van der Waals surface area (Å²) in [6.45, 7) is 13.0. The molecule has 0 aliphatic carbocycles. The third-order valence-electron chi connectivity index (χ3n) is 3.88. The molecule has 0 saturated carbocycles. The van der Waals surface area contributed by atoms with Crippen molar-refractivity contribution in [2.75, 3.05) is 18.4 Å². The molecule has 0 radical (unpaired) electrons. The zero-order valence-electron chi connectivity index (χ0n) is 16.4. The van der Waals surface area contributed by atoms with Crippen LogP contribution >= 0.6 is 0 Å². The zero-order valence-corrected chi connectivity index (χ0v) is 16.4. The Balaban J connectivity index is 2.98. The van der Waals surface area contributed by atoms with Crippen molar-refractivity contribution < 1.29 is 8.78 Å². The maximum atomic E-state index is 13.4. The van der Waals surface area contributed by atoms with Crippen LogP contribution in [0.5, 0.6) is 0 Å². The fraction of sp³-hybridized carbons (Fsp3) is 0.476. The van der Waals surface area contributed by atoms with Gasteiger partial charge in [-0.05, 0) is 31.9 Å². The van der Waals surface area contributed by atoms with E-state index in [0.29, 0.717) is 11.4 Å². The predicted octanol–water partition coefficient (Wildman–Crippen LogP) is 6.17. The minimum atomic E-state index is -2.84. The monoisotopic (exact) mass is 363 g/mol. The molecule has 26 heavy (non-hydrogen) atoms. The minimum Gasteiger partial charge on any atom is -0.355 e. The molecule has 1 N–H and O–H groups in total. The van der Waals surface area contributed by atoms with E-state index in [2.05, 4.69) is 35.6 Å². The highest BCUT2D eigenvalue weighted by Gasteiger charge is 2.23. The molecule has 5 heteroatoms. The number of unbranched alkanes of at least 4 members (excludes halogenated alkanes) is 1. The third-order valence-corrected chi connectivity index (χ3v) is 3.88. The van der Waals surface area contributed by atoms with E-state index in [9.17, 15) is 8.78 Å². The molecule has 0 aromatic heterocycles. The molecule has 1 rings (SSSR count). The van der Waals surface area contributed by atoms with Gasteiger partial charge in [-0.2, -0.15) is 0 Å². The van der Waals surface area contributed by atoms with Crippen LogP contribution in [0, 0.1) is 0 Å². The lowest BCUT2D eigenvalue weighted by atomic mass is 10.1. The first kappa shape index (κ1) is 21.9. The number of hydrogen-bond acceptors (Lipinski definition) is 2. The van der Waals surface area contributed by atoms with Crippen molar-refractivity contribution in [2.45, 2.75) is 52.9 Å². The van der Waals surface area contributed by atoms with Gasteiger partial charge in [0.05, 0.1) is 5.70 Å². The number of rotatable bonds is 10. The number of amidine groups is 1. The van der Waals surface area contributed by atoms with E-state index in [-0.39, 0.29) is 5.56 Å². The highest BCUT2D eigenvalue weighted by Crippen LogP contribution is 2.28. The Morgan fingerprint density at radius 3 is 2.35 bits per heavy atom. The van der Waals surface area contributed by atoms with Crippen molar-refractivity contribution in [3.63, 3.8) is 0 Å². The largest absolute Gasteiger partial charge is 0.355 e. The Bertz CT molecular complexity index is 613. The van der Waals surface area contributed by atoms with Gasteiger partial charge in [-0.3, -0.25) is 0 Å². The summed E-state index contributed by atoms with van der Waals surface area (Å²) in [5.41, 5.74) is 1.36. The van der Waals surface area contributed by atoms with Crippen molar-refractivity contribution in [2.24, 2.45) is 4.99 Å². The number of aliphatic imine (C=N–C) groups is 1. The topological polar surface area (TPSA) is 27.6 Å². The molecule has 0 unspecified atom stereocenters. The van der Waals surface area contributed by atoms with Gasteiger partial charge in [0.25, 0.3) is 5.92 Å². The second-order valence-corrected chi connectivity index (χ2v) is 6.34. The number of anilines is 1. The molecule has 0 aliphatic rings. The van der Waals surface area contributed by atoms with E-state index in [1.165, 1.54) is 12.1 Å². The van der Waals surface area contributed by atoms with Crippen LogP contribution in [0.2, 0.25) is 0 Å². The van der Waals surface area contributed by atoms with Crippen LogP contribution in [0.3, 0.4) is 0 Å². The third kappa shape index (κ3) is 6.98. The maximum absolute atomic E-state index is 13.4. The Kier molecular flexibility index (Phi) is 9.03. The highest BCUT2D eigenvalue weighted by atomic mass is 19.3. The van der Waals surface area contributed by atoms with Crippen molar-refractivity contribution in [3.8, 4) is 0 Å².